The van der Waals surface area contributed by atoms with E-state index in [1.54, 1.807) is 0 Å². The number of guanidine groups is 1. The Bertz CT molecular complexity index is 520. The number of halogens is 1. The van der Waals surface area contributed by atoms with Gasteiger partial charge in [-0.3, -0.25) is 14.6 Å². The largest absolute Gasteiger partial charge is 0.379 e. The third-order valence-corrected chi connectivity index (χ3v) is 4.29. The van der Waals surface area contributed by atoms with Gasteiger partial charge in [-0.2, -0.15) is 5.10 Å². The smallest absolute Gasteiger partial charge is 0.193 e. The fraction of sp³-hybridized carbons (Fsp3) is 0.750. The van der Waals surface area contributed by atoms with Gasteiger partial charge in [0, 0.05) is 64.6 Å². The van der Waals surface area contributed by atoms with Crippen molar-refractivity contribution in [3.8, 4) is 0 Å². The van der Waals surface area contributed by atoms with Gasteiger partial charge >= 0.3 is 0 Å². The van der Waals surface area contributed by atoms with E-state index in [0.29, 0.717) is 12.1 Å². The zero-order chi connectivity index (χ0) is 16.8. The zero-order valence-electron chi connectivity index (χ0n) is 15.4. The Morgan fingerprint density at radius 3 is 2.92 bits per heavy atom. The summed E-state index contributed by atoms with van der Waals surface area (Å²) in [6.45, 7) is 8.77. The van der Waals surface area contributed by atoms with E-state index in [0.717, 1.165) is 38.8 Å². The first-order chi connectivity index (χ1) is 11.0. The zero-order valence-corrected chi connectivity index (χ0v) is 17.7. The van der Waals surface area contributed by atoms with Crippen molar-refractivity contribution in [3.05, 3.63) is 18.0 Å². The lowest BCUT2D eigenvalue weighted by Crippen LogP contribution is -2.53. The highest BCUT2D eigenvalue weighted by molar-refractivity contribution is 14.0. The molecule has 1 fully saturated rings. The molecule has 8 heteroatoms. The first-order valence-electron chi connectivity index (χ1n) is 8.24. The van der Waals surface area contributed by atoms with Gasteiger partial charge in [-0.05, 0) is 13.8 Å². The Morgan fingerprint density at radius 1 is 1.58 bits per heavy atom. The van der Waals surface area contributed by atoms with Crippen molar-refractivity contribution in [2.24, 2.45) is 12.0 Å². The number of morpholine rings is 1. The van der Waals surface area contributed by atoms with Gasteiger partial charge in [0.15, 0.2) is 5.96 Å². The third kappa shape index (κ3) is 5.89. The second kappa shape index (κ2) is 10.2. The number of aryl methyl sites for hydroxylation is 1. The van der Waals surface area contributed by atoms with Crippen molar-refractivity contribution < 1.29 is 4.74 Å². The van der Waals surface area contributed by atoms with Gasteiger partial charge in [0.05, 0.1) is 19.4 Å². The van der Waals surface area contributed by atoms with Crippen LogP contribution in [0.5, 0.6) is 0 Å². The molecule has 1 aliphatic heterocycles. The first-order valence-corrected chi connectivity index (χ1v) is 8.24. The average Bonchev–Trinajstić information content (AvgIpc) is 2.93. The molecule has 138 valence electrons. The fourth-order valence-corrected chi connectivity index (χ4v) is 3.04. The lowest BCUT2D eigenvalue weighted by Gasteiger charge is -2.38. The predicted molar refractivity (Wildman–Crippen MR) is 108 cm³/mol. The molecular formula is C16H31IN6O. The summed E-state index contributed by atoms with van der Waals surface area (Å²) in [7, 11) is 5.80. The molecule has 0 aromatic carbocycles. The summed E-state index contributed by atoms with van der Waals surface area (Å²) in [4.78, 5) is 9.00. The van der Waals surface area contributed by atoms with E-state index in [9.17, 15) is 0 Å². The van der Waals surface area contributed by atoms with Gasteiger partial charge in [0.25, 0.3) is 0 Å². The second-order valence-corrected chi connectivity index (χ2v) is 6.32. The average molecular weight is 450 g/mol. The molecular weight excluding hydrogens is 419 g/mol. The molecule has 0 saturated carbocycles. The molecule has 24 heavy (non-hydrogen) atoms. The van der Waals surface area contributed by atoms with Crippen LogP contribution >= 0.6 is 24.0 Å². The minimum Gasteiger partial charge on any atom is -0.379 e. The highest BCUT2D eigenvalue weighted by Gasteiger charge is 2.23. The lowest BCUT2D eigenvalue weighted by molar-refractivity contribution is -0.0175. The Hall–Kier alpha value is -0.870. The summed E-state index contributed by atoms with van der Waals surface area (Å²) in [5.41, 5.74) is 1.17. The molecule has 2 heterocycles. The third-order valence-electron chi connectivity index (χ3n) is 4.29. The molecule has 7 nitrogen and oxygen atoms in total. The number of ether oxygens (including phenoxy) is 1. The topological polar surface area (TPSA) is 57.9 Å². The maximum atomic E-state index is 5.51. The van der Waals surface area contributed by atoms with Crippen molar-refractivity contribution >= 4 is 29.9 Å². The Balaban J connectivity index is 0.00000288. The quantitative estimate of drug-likeness (QED) is 0.415. The van der Waals surface area contributed by atoms with Crippen LogP contribution in [0.15, 0.2) is 17.4 Å². The highest BCUT2D eigenvalue weighted by Crippen LogP contribution is 2.10. The van der Waals surface area contributed by atoms with Crippen molar-refractivity contribution in [1.29, 1.82) is 0 Å². The number of hydrogen-bond acceptors (Lipinski definition) is 4. The van der Waals surface area contributed by atoms with E-state index in [1.807, 2.05) is 38.2 Å². The molecule has 2 atom stereocenters. The summed E-state index contributed by atoms with van der Waals surface area (Å²) in [5, 5.41) is 7.69. The number of nitrogens with one attached hydrogen (secondary N) is 1. The van der Waals surface area contributed by atoms with E-state index < -0.39 is 0 Å². The van der Waals surface area contributed by atoms with Gasteiger partial charge in [-0.25, -0.2) is 0 Å². The molecule has 0 radical (unpaired) electrons. The molecule has 1 aromatic rings. The highest BCUT2D eigenvalue weighted by atomic mass is 127. The maximum absolute atomic E-state index is 5.51. The van der Waals surface area contributed by atoms with Gasteiger partial charge in [0.1, 0.15) is 0 Å². The number of aromatic nitrogens is 2. The Labute approximate surface area is 162 Å². The molecule has 0 bridgehead atoms. The molecule has 2 rings (SSSR count). The van der Waals surface area contributed by atoms with Crippen LogP contribution < -0.4 is 5.32 Å². The minimum atomic E-state index is 0. The summed E-state index contributed by atoms with van der Waals surface area (Å²) >= 11 is 0. The second-order valence-electron chi connectivity index (χ2n) is 6.32. The Morgan fingerprint density at radius 2 is 2.33 bits per heavy atom. The van der Waals surface area contributed by atoms with Crippen LogP contribution in [-0.4, -0.2) is 78.0 Å². The first kappa shape index (κ1) is 21.2. The van der Waals surface area contributed by atoms with Crippen LogP contribution in [0.2, 0.25) is 0 Å². The van der Waals surface area contributed by atoms with Crippen LogP contribution in [0.25, 0.3) is 0 Å². The van der Waals surface area contributed by atoms with Crippen LogP contribution in [0.1, 0.15) is 19.4 Å². The van der Waals surface area contributed by atoms with Crippen LogP contribution in [-0.2, 0) is 18.3 Å². The maximum Gasteiger partial charge on any atom is 0.193 e. The predicted octanol–water partition coefficient (Wildman–Crippen LogP) is 1.15. The number of hydrogen-bond donors (Lipinski definition) is 1. The monoisotopic (exact) mass is 450 g/mol. The number of nitrogens with zero attached hydrogens (tertiary/aromatic N) is 5. The lowest BCUT2D eigenvalue weighted by atomic mass is 10.2. The van der Waals surface area contributed by atoms with Crippen molar-refractivity contribution in [3.63, 3.8) is 0 Å². The SMILES string of the molecule is CN=C(NCC(C)N1CCOCC1C)N(C)Cc1cnn(C)c1.I. The van der Waals surface area contributed by atoms with Crippen LogP contribution in [0.4, 0.5) is 0 Å². The van der Waals surface area contributed by atoms with Crippen molar-refractivity contribution in [1.82, 2.24) is 24.9 Å². The normalized spacial score (nSPS) is 20.4. The molecule has 0 spiro atoms. The van der Waals surface area contributed by atoms with E-state index >= 15 is 0 Å². The van der Waals surface area contributed by atoms with E-state index in [2.05, 4.69) is 39.1 Å². The van der Waals surface area contributed by atoms with Gasteiger partial charge in [-0.15, -0.1) is 24.0 Å². The van der Waals surface area contributed by atoms with Crippen molar-refractivity contribution in [2.75, 3.05) is 40.4 Å². The number of rotatable bonds is 5. The molecule has 1 aromatic heterocycles. The standard InChI is InChI=1S/C16H30N6O.HI/c1-13(22-6-7-23-12-14(22)2)8-18-16(17-3)20(4)10-15-9-19-21(5)11-15;/h9,11,13-14H,6-8,10,12H2,1-5H3,(H,17,18);1H. The summed E-state index contributed by atoms with van der Waals surface area (Å²) < 4.78 is 7.33. The minimum absolute atomic E-state index is 0. The Kier molecular flexibility index (Phi) is 8.99. The van der Waals surface area contributed by atoms with Crippen molar-refractivity contribution in [2.45, 2.75) is 32.5 Å². The fourth-order valence-electron chi connectivity index (χ4n) is 3.04. The van der Waals surface area contributed by atoms with E-state index in [1.165, 1.54) is 5.56 Å². The number of aliphatic imine (C=N–C) groups is 1. The van der Waals surface area contributed by atoms with E-state index in [4.69, 9.17) is 4.74 Å². The summed E-state index contributed by atoms with van der Waals surface area (Å²) in [5.74, 6) is 0.904. The molecule has 1 saturated heterocycles. The molecule has 0 aliphatic carbocycles. The van der Waals surface area contributed by atoms with Gasteiger partial charge in [0.2, 0.25) is 0 Å². The molecule has 1 N–H and O–H groups in total. The van der Waals surface area contributed by atoms with Crippen LogP contribution in [0, 0.1) is 0 Å². The summed E-state index contributed by atoms with van der Waals surface area (Å²) in [6, 6.07) is 0.910. The molecule has 0 amide bonds. The molecule has 2 unspecified atom stereocenters. The summed E-state index contributed by atoms with van der Waals surface area (Å²) in [6.07, 6.45) is 3.92. The van der Waals surface area contributed by atoms with Crippen LogP contribution in [0.3, 0.4) is 0 Å². The van der Waals surface area contributed by atoms with Gasteiger partial charge in [-0.1, -0.05) is 0 Å². The molecule has 1 aliphatic rings. The van der Waals surface area contributed by atoms with Gasteiger partial charge < -0.3 is 15.0 Å². The van der Waals surface area contributed by atoms with E-state index in [-0.39, 0.29) is 24.0 Å².